The SMILES string of the molecule is CCOC(=O)Cn1c(=NC(=O)Cc2ccc3c(c2)OCO3)sc2cc(OC)c(OC)cc21. The first-order valence-electron chi connectivity index (χ1n) is 9.89. The van der Waals surface area contributed by atoms with Crippen molar-refractivity contribution in [2.24, 2.45) is 4.99 Å². The van der Waals surface area contributed by atoms with E-state index in [1.54, 1.807) is 48.9 Å². The van der Waals surface area contributed by atoms with Gasteiger partial charge in [0.1, 0.15) is 6.54 Å². The maximum atomic E-state index is 12.8. The summed E-state index contributed by atoms with van der Waals surface area (Å²) in [4.78, 5) is 29.7. The van der Waals surface area contributed by atoms with Crippen LogP contribution in [0.3, 0.4) is 0 Å². The summed E-state index contributed by atoms with van der Waals surface area (Å²) < 4.78 is 29.0. The molecule has 0 bridgehead atoms. The van der Waals surface area contributed by atoms with Gasteiger partial charge in [0.25, 0.3) is 5.91 Å². The molecule has 2 heterocycles. The van der Waals surface area contributed by atoms with Crippen molar-refractivity contribution < 1.29 is 33.3 Å². The van der Waals surface area contributed by atoms with Crippen molar-refractivity contribution in [2.75, 3.05) is 27.6 Å². The minimum absolute atomic E-state index is 0.0803. The lowest BCUT2D eigenvalue weighted by molar-refractivity contribution is -0.143. The summed E-state index contributed by atoms with van der Waals surface area (Å²) in [5, 5.41) is 0. The molecule has 32 heavy (non-hydrogen) atoms. The molecule has 0 radical (unpaired) electrons. The molecule has 10 heteroatoms. The van der Waals surface area contributed by atoms with E-state index in [1.807, 2.05) is 0 Å². The summed E-state index contributed by atoms with van der Waals surface area (Å²) in [5.41, 5.74) is 1.44. The van der Waals surface area contributed by atoms with E-state index in [0.717, 1.165) is 10.3 Å². The topological polar surface area (TPSA) is 97.6 Å². The predicted octanol–water partition coefficient (Wildman–Crippen LogP) is 2.68. The van der Waals surface area contributed by atoms with Gasteiger partial charge in [-0.15, -0.1) is 0 Å². The number of carbonyl (C=O) groups is 2. The first kappa shape index (κ1) is 21.7. The number of nitrogens with zero attached hydrogens (tertiary/aromatic N) is 2. The van der Waals surface area contributed by atoms with Gasteiger partial charge in [-0.2, -0.15) is 4.99 Å². The largest absolute Gasteiger partial charge is 0.493 e. The molecule has 0 saturated carbocycles. The van der Waals surface area contributed by atoms with E-state index in [9.17, 15) is 9.59 Å². The molecule has 1 aliphatic heterocycles. The third kappa shape index (κ3) is 4.40. The number of hydrogen-bond donors (Lipinski definition) is 0. The van der Waals surface area contributed by atoms with Crippen LogP contribution in [0.5, 0.6) is 23.0 Å². The highest BCUT2D eigenvalue weighted by Crippen LogP contribution is 2.34. The van der Waals surface area contributed by atoms with Gasteiger partial charge in [-0.3, -0.25) is 9.59 Å². The smallest absolute Gasteiger partial charge is 0.326 e. The monoisotopic (exact) mass is 458 g/mol. The molecular weight excluding hydrogens is 436 g/mol. The van der Waals surface area contributed by atoms with Crippen LogP contribution in [-0.2, 0) is 27.3 Å². The Morgan fingerprint density at radius 1 is 1.09 bits per heavy atom. The number of ether oxygens (including phenoxy) is 5. The molecule has 0 N–H and O–H groups in total. The second-order valence-electron chi connectivity index (χ2n) is 6.82. The summed E-state index contributed by atoms with van der Waals surface area (Å²) >= 11 is 1.28. The first-order chi connectivity index (χ1) is 15.5. The van der Waals surface area contributed by atoms with E-state index in [4.69, 9.17) is 23.7 Å². The summed E-state index contributed by atoms with van der Waals surface area (Å²) in [5.74, 6) is 1.53. The molecule has 1 aliphatic rings. The number of carbonyl (C=O) groups excluding carboxylic acids is 2. The van der Waals surface area contributed by atoms with Crippen LogP contribution >= 0.6 is 11.3 Å². The first-order valence-corrected chi connectivity index (χ1v) is 10.7. The molecule has 0 unspecified atom stereocenters. The summed E-state index contributed by atoms with van der Waals surface area (Å²) in [6.45, 7) is 2.08. The second-order valence-corrected chi connectivity index (χ2v) is 7.83. The number of amides is 1. The third-order valence-corrected chi connectivity index (χ3v) is 5.83. The molecule has 0 saturated heterocycles. The lowest BCUT2D eigenvalue weighted by Crippen LogP contribution is -2.23. The predicted molar refractivity (Wildman–Crippen MR) is 116 cm³/mol. The van der Waals surface area contributed by atoms with Crippen LogP contribution in [0.4, 0.5) is 0 Å². The zero-order valence-corrected chi connectivity index (χ0v) is 18.7. The fourth-order valence-electron chi connectivity index (χ4n) is 3.34. The Morgan fingerprint density at radius 3 is 2.59 bits per heavy atom. The van der Waals surface area contributed by atoms with Gasteiger partial charge in [0, 0.05) is 12.1 Å². The van der Waals surface area contributed by atoms with Crippen molar-refractivity contribution in [1.82, 2.24) is 4.57 Å². The van der Waals surface area contributed by atoms with Gasteiger partial charge < -0.3 is 28.3 Å². The van der Waals surface area contributed by atoms with Crippen molar-refractivity contribution in [1.29, 1.82) is 0 Å². The van der Waals surface area contributed by atoms with Gasteiger partial charge in [-0.25, -0.2) is 0 Å². The van der Waals surface area contributed by atoms with Crippen LogP contribution in [-0.4, -0.2) is 44.1 Å². The molecule has 0 atom stereocenters. The fourth-order valence-corrected chi connectivity index (χ4v) is 4.40. The highest BCUT2D eigenvalue weighted by molar-refractivity contribution is 7.16. The number of methoxy groups -OCH3 is 2. The van der Waals surface area contributed by atoms with Crippen molar-refractivity contribution >= 4 is 33.4 Å². The second kappa shape index (κ2) is 9.31. The zero-order chi connectivity index (χ0) is 22.7. The molecule has 168 valence electrons. The summed E-state index contributed by atoms with van der Waals surface area (Å²) in [6, 6.07) is 8.88. The normalized spacial score (nSPS) is 12.8. The maximum absolute atomic E-state index is 12.8. The van der Waals surface area contributed by atoms with E-state index >= 15 is 0 Å². The van der Waals surface area contributed by atoms with Gasteiger partial charge in [-0.1, -0.05) is 17.4 Å². The van der Waals surface area contributed by atoms with Gasteiger partial charge in [0.05, 0.1) is 37.5 Å². The van der Waals surface area contributed by atoms with Crippen molar-refractivity contribution in [3.63, 3.8) is 0 Å². The lowest BCUT2D eigenvalue weighted by Gasteiger charge is -2.09. The third-order valence-electron chi connectivity index (χ3n) is 4.79. The highest BCUT2D eigenvalue weighted by Gasteiger charge is 2.17. The average Bonchev–Trinajstić information content (AvgIpc) is 3.37. The minimum atomic E-state index is -0.424. The quantitative estimate of drug-likeness (QED) is 0.502. The molecule has 9 nitrogen and oxygen atoms in total. The van der Waals surface area contributed by atoms with E-state index in [0.29, 0.717) is 33.3 Å². The Balaban J connectivity index is 1.72. The van der Waals surface area contributed by atoms with Crippen LogP contribution in [0.25, 0.3) is 10.2 Å². The molecule has 0 spiro atoms. The van der Waals surface area contributed by atoms with Crippen molar-refractivity contribution in [3.8, 4) is 23.0 Å². The fraction of sp³-hybridized carbons (Fsp3) is 0.318. The van der Waals surface area contributed by atoms with Gasteiger partial charge >= 0.3 is 5.97 Å². The number of hydrogen-bond acceptors (Lipinski definition) is 8. The Kier molecular flexibility index (Phi) is 6.31. The molecule has 1 amide bonds. The summed E-state index contributed by atoms with van der Waals surface area (Å²) in [7, 11) is 3.08. The van der Waals surface area contributed by atoms with Crippen LogP contribution < -0.4 is 23.7 Å². The molecule has 0 fully saturated rings. The maximum Gasteiger partial charge on any atom is 0.326 e. The van der Waals surface area contributed by atoms with Gasteiger partial charge in [-0.05, 0) is 24.6 Å². The number of rotatable bonds is 7. The molecular formula is C22H22N2O7S. The number of fused-ring (bicyclic) bond motifs is 2. The average molecular weight is 458 g/mol. The molecule has 0 aliphatic carbocycles. The Bertz CT molecular complexity index is 1250. The Labute approximate surface area is 187 Å². The van der Waals surface area contributed by atoms with Crippen LogP contribution in [0, 0.1) is 0 Å². The highest BCUT2D eigenvalue weighted by atomic mass is 32.1. The molecule has 1 aromatic heterocycles. The zero-order valence-electron chi connectivity index (χ0n) is 17.9. The Hall–Kier alpha value is -3.53. The number of esters is 1. The molecule has 3 aromatic rings. The number of benzene rings is 2. The minimum Gasteiger partial charge on any atom is -0.493 e. The van der Waals surface area contributed by atoms with Gasteiger partial charge in [0.15, 0.2) is 27.8 Å². The lowest BCUT2D eigenvalue weighted by atomic mass is 10.1. The Morgan fingerprint density at radius 2 is 1.84 bits per heavy atom. The summed E-state index contributed by atoms with van der Waals surface area (Å²) in [6.07, 6.45) is 0.0803. The molecule has 2 aromatic carbocycles. The van der Waals surface area contributed by atoms with E-state index in [1.165, 1.54) is 18.4 Å². The van der Waals surface area contributed by atoms with Crippen LogP contribution in [0.1, 0.15) is 12.5 Å². The van der Waals surface area contributed by atoms with E-state index < -0.39 is 5.97 Å². The molecule has 4 rings (SSSR count). The standard InChI is InChI=1S/C22H22N2O7S/c1-4-29-21(26)11-24-14-9-16(27-2)17(28-3)10-19(14)32-22(24)23-20(25)8-13-5-6-15-18(7-13)31-12-30-15/h5-7,9-10H,4,8,11-12H2,1-3H3. The number of aromatic nitrogens is 1. The van der Waals surface area contributed by atoms with E-state index in [-0.39, 0.29) is 32.3 Å². The number of thiazole rings is 1. The van der Waals surface area contributed by atoms with Crippen LogP contribution in [0.15, 0.2) is 35.3 Å². The van der Waals surface area contributed by atoms with Crippen LogP contribution in [0.2, 0.25) is 0 Å². The van der Waals surface area contributed by atoms with Gasteiger partial charge in [0.2, 0.25) is 6.79 Å². The van der Waals surface area contributed by atoms with E-state index in [2.05, 4.69) is 4.99 Å². The van der Waals surface area contributed by atoms with Crippen molar-refractivity contribution in [2.45, 2.75) is 19.9 Å². The van der Waals surface area contributed by atoms with Crippen molar-refractivity contribution in [3.05, 3.63) is 40.7 Å².